The van der Waals surface area contributed by atoms with Gasteiger partial charge in [-0.3, -0.25) is 4.68 Å². The Bertz CT molecular complexity index is 623. The van der Waals surface area contributed by atoms with E-state index in [1.165, 1.54) is 5.69 Å². The van der Waals surface area contributed by atoms with E-state index in [0.717, 1.165) is 24.9 Å². The quantitative estimate of drug-likeness (QED) is 0.914. The van der Waals surface area contributed by atoms with Crippen molar-refractivity contribution in [1.29, 1.82) is 0 Å². The number of nitrogens with one attached hydrogen (secondary N) is 2. The van der Waals surface area contributed by atoms with Crippen LogP contribution in [0.4, 0.5) is 4.79 Å². The number of halogens is 1. The summed E-state index contributed by atoms with van der Waals surface area (Å²) in [7, 11) is 0. The molecule has 0 saturated heterocycles. The summed E-state index contributed by atoms with van der Waals surface area (Å²) >= 11 is 5.83. The molecule has 2 aromatic rings. The minimum absolute atomic E-state index is 0.136. The first-order valence-corrected chi connectivity index (χ1v) is 7.38. The molecule has 2 N–H and O–H groups in total. The van der Waals surface area contributed by atoms with Crippen molar-refractivity contribution >= 4 is 17.6 Å². The topological polar surface area (TPSA) is 59.0 Å². The summed E-state index contributed by atoms with van der Waals surface area (Å²) < 4.78 is 1.99. The van der Waals surface area contributed by atoms with Crippen LogP contribution in [0.1, 0.15) is 17.7 Å². The number of hydrogen-bond acceptors (Lipinski definition) is 2. The number of aryl methyl sites for hydroxylation is 1. The molecule has 1 atom stereocenters. The van der Waals surface area contributed by atoms with Gasteiger partial charge in [-0.15, -0.1) is 0 Å². The van der Waals surface area contributed by atoms with E-state index in [1.54, 1.807) is 6.20 Å². The lowest BCUT2D eigenvalue weighted by atomic mass is 10.0. The van der Waals surface area contributed by atoms with Crippen LogP contribution in [0.3, 0.4) is 0 Å². The summed E-state index contributed by atoms with van der Waals surface area (Å²) in [6.07, 6.45) is 3.54. The Labute approximate surface area is 128 Å². The number of benzene rings is 1. The number of aromatic nitrogens is 2. The van der Waals surface area contributed by atoms with Gasteiger partial charge in [0, 0.05) is 42.5 Å². The summed E-state index contributed by atoms with van der Waals surface area (Å²) in [5, 5.41) is 10.8. The maximum absolute atomic E-state index is 11.9. The summed E-state index contributed by atoms with van der Waals surface area (Å²) in [5.41, 5.74) is 2.19. The molecular formula is C15H17ClN4O. The van der Waals surface area contributed by atoms with Crippen LogP contribution in [0.5, 0.6) is 0 Å². The Morgan fingerprint density at radius 1 is 1.33 bits per heavy atom. The highest BCUT2D eigenvalue weighted by atomic mass is 35.5. The van der Waals surface area contributed by atoms with Crippen molar-refractivity contribution in [3.8, 4) is 0 Å². The Kier molecular flexibility index (Phi) is 4.10. The minimum atomic E-state index is -0.136. The monoisotopic (exact) mass is 304 g/mol. The first kappa shape index (κ1) is 13.9. The number of hydrogen-bond donors (Lipinski definition) is 2. The third kappa shape index (κ3) is 3.55. The van der Waals surface area contributed by atoms with Crippen molar-refractivity contribution in [3.05, 3.63) is 52.8 Å². The average molecular weight is 305 g/mol. The molecule has 0 spiro atoms. The first-order chi connectivity index (χ1) is 10.2. The molecule has 2 amide bonds. The first-order valence-electron chi connectivity index (χ1n) is 7.00. The van der Waals surface area contributed by atoms with Gasteiger partial charge >= 0.3 is 6.03 Å². The zero-order valence-electron chi connectivity index (χ0n) is 11.6. The van der Waals surface area contributed by atoms with Crippen LogP contribution in [0.2, 0.25) is 5.02 Å². The van der Waals surface area contributed by atoms with Gasteiger partial charge in [0.15, 0.2) is 0 Å². The maximum Gasteiger partial charge on any atom is 0.315 e. The number of urea groups is 1. The van der Waals surface area contributed by atoms with Gasteiger partial charge in [-0.2, -0.15) is 5.10 Å². The van der Waals surface area contributed by atoms with E-state index in [1.807, 2.05) is 35.0 Å². The third-order valence-electron chi connectivity index (χ3n) is 3.65. The highest BCUT2D eigenvalue weighted by Gasteiger charge is 2.20. The normalized spacial score (nSPS) is 17.1. The Morgan fingerprint density at radius 2 is 2.14 bits per heavy atom. The molecule has 0 fully saturated rings. The molecule has 2 heterocycles. The molecule has 1 aromatic heterocycles. The standard InChI is InChI=1S/C15H17ClN4O/c16-12-3-1-11(2-4-12)10-17-15(21)19-13-6-8-20-14(9-13)5-7-18-20/h1-5,7,13H,6,8-10H2,(H2,17,19,21). The average Bonchev–Trinajstić information content (AvgIpc) is 2.94. The van der Waals surface area contributed by atoms with Crippen LogP contribution in [0, 0.1) is 0 Å². The molecule has 1 aliphatic heterocycles. The fourth-order valence-corrected chi connectivity index (χ4v) is 2.64. The van der Waals surface area contributed by atoms with Crippen molar-refractivity contribution in [2.75, 3.05) is 0 Å². The van der Waals surface area contributed by atoms with E-state index in [4.69, 9.17) is 11.6 Å². The molecule has 21 heavy (non-hydrogen) atoms. The van der Waals surface area contributed by atoms with Crippen molar-refractivity contribution < 1.29 is 4.79 Å². The minimum Gasteiger partial charge on any atom is -0.335 e. The molecule has 1 unspecified atom stereocenters. The van der Waals surface area contributed by atoms with Gasteiger partial charge in [0.05, 0.1) is 0 Å². The fraction of sp³-hybridized carbons (Fsp3) is 0.333. The molecule has 0 bridgehead atoms. The number of fused-ring (bicyclic) bond motifs is 1. The van der Waals surface area contributed by atoms with E-state index in [9.17, 15) is 4.79 Å². The molecule has 0 saturated carbocycles. The summed E-state index contributed by atoms with van der Waals surface area (Å²) in [6, 6.07) is 9.47. The van der Waals surface area contributed by atoms with Gasteiger partial charge < -0.3 is 10.6 Å². The Hall–Kier alpha value is -2.01. The van der Waals surface area contributed by atoms with E-state index < -0.39 is 0 Å². The molecule has 110 valence electrons. The molecule has 1 aromatic carbocycles. The molecule has 0 radical (unpaired) electrons. The van der Waals surface area contributed by atoms with Crippen molar-refractivity contribution in [1.82, 2.24) is 20.4 Å². The smallest absolute Gasteiger partial charge is 0.315 e. The predicted octanol–water partition coefficient (Wildman–Crippen LogP) is 2.35. The SMILES string of the molecule is O=C(NCc1ccc(Cl)cc1)NC1CCn2nccc2C1. The Balaban J connectivity index is 1.47. The highest BCUT2D eigenvalue weighted by molar-refractivity contribution is 6.30. The second-order valence-corrected chi connectivity index (χ2v) is 5.63. The molecule has 6 heteroatoms. The van der Waals surface area contributed by atoms with Gasteiger partial charge in [-0.25, -0.2) is 4.79 Å². The van der Waals surface area contributed by atoms with E-state index in [0.29, 0.717) is 11.6 Å². The Morgan fingerprint density at radius 3 is 2.95 bits per heavy atom. The van der Waals surface area contributed by atoms with Crippen LogP contribution in [0.15, 0.2) is 36.5 Å². The van der Waals surface area contributed by atoms with Gasteiger partial charge in [-0.1, -0.05) is 23.7 Å². The van der Waals surface area contributed by atoms with E-state index in [-0.39, 0.29) is 12.1 Å². The maximum atomic E-state index is 11.9. The molecule has 3 rings (SSSR count). The molecule has 5 nitrogen and oxygen atoms in total. The van der Waals surface area contributed by atoms with Gasteiger partial charge in [0.1, 0.15) is 0 Å². The fourth-order valence-electron chi connectivity index (χ4n) is 2.51. The number of nitrogens with zero attached hydrogens (tertiary/aromatic N) is 2. The van der Waals surface area contributed by atoms with E-state index in [2.05, 4.69) is 15.7 Å². The second kappa shape index (κ2) is 6.18. The van der Waals surface area contributed by atoms with Crippen LogP contribution in [0.25, 0.3) is 0 Å². The van der Waals surface area contributed by atoms with Crippen LogP contribution in [-0.2, 0) is 19.5 Å². The third-order valence-corrected chi connectivity index (χ3v) is 3.90. The van der Waals surface area contributed by atoms with Gasteiger partial charge in [-0.05, 0) is 30.2 Å². The van der Waals surface area contributed by atoms with Crippen molar-refractivity contribution in [2.45, 2.75) is 32.0 Å². The summed E-state index contributed by atoms with van der Waals surface area (Å²) in [6.45, 7) is 1.35. The van der Waals surface area contributed by atoms with Crippen molar-refractivity contribution in [2.24, 2.45) is 0 Å². The number of carbonyl (C=O) groups excluding carboxylic acids is 1. The lowest BCUT2D eigenvalue weighted by Gasteiger charge is -2.24. The lowest BCUT2D eigenvalue weighted by molar-refractivity contribution is 0.233. The van der Waals surface area contributed by atoms with Crippen LogP contribution < -0.4 is 10.6 Å². The van der Waals surface area contributed by atoms with Gasteiger partial charge in [0.25, 0.3) is 0 Å². The van der Waals surface area contributed by atoms with Crippen LogP contribution >= 0.6 is 11.6 Å². The van der Waals surface area contributed by atoms with Crippen LogP contribution in [-0.4, -0.2) is 21.9 Å². The number of carbonyl (C=O) groups is 1. The number of rotatable bonds is 3. The van der Waals surface area contributed by atoms with Gasteiger partial charge in [0.2, 0.25) is 0 Å². The predicted molar refractivity (Wildman–Crippen MR) is 81.2 cm³/mol. The summed E-state index contributed by atoms with van der Waals surface area (Å²) in [5.74, 6) is 0. The zero-order valence-corrected chi connectivity index (χ0v) is 12.3. The highest BCUT2D eigenvalue weighted by Crippen LogP contribution is 2.13. The molecular weight excluding hydrogens is 288 g/mol. The van der Waals surface area contributed by atoms with Crippen molar-refractivity contribution in [3.63, 3.8) is 0 Å². The molecule has 0 aliphatic carbocycles. The van der Waals surface area contributed by atoms with E-state index >= 15 is 0 Å². The second-order valence-electron chi connectivity index (χ2n) is 5.19. The largest absolute Gasteiger partial charge is 0.335 e. The zero-order chi connectivity index (χ0) is 14.7. The summed E-state index contributed by atoms with van der Waals surface area (Å²) in [4.78, 5) is 11.9. The molecule has 1 aliphatic rings. The lowest BCUT2D eigenvalue weighted by Crippen LogP contribution is -2.45. The number of amides is 2.